The summed E-state index contributed by atoms with van der Waals surface area (Å²) in [5.74, 6) is 0.688. The lowest BCUT2D eigenvalue weighted by atomic mass is 9.98. The van der Waals surface area contributed by atoms with Crippen LogP contribution in [0.15, 0.2) is 0 Å². The molecule has 0 aromatic carbocycles. The summed E-state index contributed by atoms with van der Waals surface area (Å²) in [7, 11) is 0. The first kappa shape index (κ1) is 12.5. The standard InChI is InChI=1S/C12H24N2O/c1-3-10-6-5-8-14(9-7-10)11(4-2)12(13)15/h10-11H,3-9H2,1-2H3,(H2,13,15). The fraction of sp³-hybridized carbons (Fsp3) is 0.917. The number of nitrogens with two attached hydrogens (primary N) is 1. The molecule has 1 heterocycles. The molecule has 2 N–H and O–H groups in total. The minimum absolute atomic E-state index is 0.0411. The van der Waals surface area contributed by atoms with Crippen molar-refractivity contribution in [1.82, 2.24) is 4.90 Å². The van der Waals surface area contributed by atoms with Gasteiger partial charge in [0, 0.05) is 0 Å². The van der Waals surface area contributed by atoms with Crippen LogP contribution in [0, 0.1) is 5.92 Å². The van der Waals surface area contributed by atoms with Crippen LogP contribution in [0.1, 0.15) is 46.0 Å². The van der Waals surface area contributed by atoms with E-state index in [1.54, 1.807) is 0 Å². The Morgan fingerprint density at radius 3 is 2.67 bits per heavy atom. The van der Waals surface area contributed by atoms with Gasteiger partial charge in [-0.15, -0.1) is 0 Å². The number of carbonyl (C=O) groups is 1. The minimum Gasteiger partial charge on any atom is -0.368 e. The average molecular weight is 212 g/mol. The lowest BCUT2D eigenvalue weighted by molar-refractivity contribution is -0.123. The Balaban J connectivity index is 2.51. The molecule has 1 aliphatic rings. The first-order valence-electron chi connectivity index (χ1n) is 6.22. The Morgan fingerprint density at radius 2 is 2.13 bits per heavy atom. The highest BCUT2D eigenvalue weighted by Crippen LogP contribution is 2.21. The molecule has 2 unspecified atom stereocenters. The zero-order valence-electron chi connectivity index (χ0n) is 10.0. The van der Waals surface area contributed by atoms with E-state index in [4.69, 9.17) is 5.73 Å². The van der Waals surface area contributed by atoms with E-state index in [0.29, 0.717) is 0 Å². The fourth-order valence-corrected chi connectivity index (χ4v) is 2.55. The van der Waals surface area contributed by atoms with Crippen LogP contribution in [0.5, 0.6) is 0 Å². The number of amides is 1. The summed E-state index contributed by atoms with van der Waals surface area (Å²) in [5, 5.41) is 0. The highest BCUT2D eigenvalue weighted by molar-refractivity contribution is 5.79. The Labute approximate surface area is 93.0 Å². The van der Waals surface area contributed by atoms with Crippen LogP contribution >= 0.6 is 0 Å². The minimum atomic E-state index is -0.160. The molecule has 88 valence electrons. The molecule has 0 aliphatic carbocycles. The van der Waals surface area contributed by atoms with Crippen molar-refractivity contribution in [2.75, 3.05) is 13.1 Å². The van der Waals surface area contributed by atoms with E-state index in [1.807, 2.05) is 6.92 Å². The number of nitrogens with zero attached hydrogens (tertiary/aromatic N) is 1. The van der Waals surface area contributed by atoms with E-state index in [1.165, 1.54) is 25.7 Å². The number of rotatable bonds is 4. The van der Waals surface area contributed by atoms with Gasteiger partial charge in [0.1, 0.15) is 0 Å². The lowest BCUT2D eigenvalue weighted by Crippen LogP contribution is -2.44. The predicted octanol–water partition coefficient (Wildman–Crippen LogP) is 1.76. The molecular formula is C12H24N2O. The van der Waals surface area contributed by atoms with Gasteiger partial charge in [0.2, 0.25) is 5.91 Å². The maximum absolute atomic E-state index is 11.3. The normalized spacial score (nSPS) is 25.9. The van der Waals surface area contributed by atoms with Crippen LogP contribution in [-0.4, -0.2) is 29.9 Å². The lowest BCUT2D eigenvalue weighted by Gasteiger charge is -2.27. The number of carbonyl (C=O) groups excluding carboxylic acids is 1. The number of likely N-dealkylation sites (tertiary alicyclic amines) is 1. The maximum atomic E-state index is 11.3. The zero-order valence-corrected chi connectivity index (χ0v) is 10.0. The van der Waals surface area contributed by atoms with Gasteiger partial charge >= 0.3 is 0 Å². The summed E-state index contributed by atoms with van der Waals surface area (Å²) in [6.45, 7) is 6.38. The highest BCUT2D eigenvalue weighted by atomic mass is 16.1. The van der Waals surface area contributed by atoms with E-state index >= 15 is 0 Å². The van der Waals surface area contributed by atoms with Crippen LogP contribution in [0.4, 0.5) is 0 Å². The number of primary amides is 1. The summed E-state index contributed by atoms with van der Waals surface area (Å²) < 4.78 is 0. The van der Waals surface area contributed by atoms with Crippen molar-refractivity contribution < 1.29 is 4.79 Å². The Kier molecular flexibility index (Phi) is 5.09. The van der Waals surface area contributed by atoms with Gasteiger partial charge in [0.05, 0.1) is 6.04 Å². The monoisotopic (exact) mass is 212 g/mol. The third kappa shape index (κ3) is 3.49. The second kappa shape index (κ2) is 6.11. The van der Waals surface area contributed by atoms with Crippen LogP contribution in [0.25, 0.3) is 0 Å². The summed E-state index contributed by atoms with van der Waals surface area (Å²) in [5.41, 5.74) is 5.42. The van der Waals surface area contributed by atoms with E-state index < -0.39 is 0 Å². The van der Waals surface area contributed by atoms with Crippen LogP contribution in [0.3, 0.4) is 0 Å². The van der Waals surface area contributed by atoms with Crippen molar-refractivity contribution >= 4 is 5.91 Å². The van der Waals surface area contributed by atoms with Crippen molar-refractivity contribution in [3.05, 3.63) is 0 Å². The molecule has 1 saturated heterocycles. The predicted molar refractivity (Wildman–Crippen MR) is 62.5 cm³/mol. The Morgan fingerprint density at radius 1 is 1.40 bits per heavy atom. The molecule has 0 aromatic rings. The Bertz CT molecular complexity index is 206. The molecule has 1 fully saturated rings. The van der Waals surface area contributed by atoms with Gasteiger partial charge in [-0.05, 0) is 44.7 Å². The molecule has 1 aliphatic heterocycles. The van der Waals surface area contributed by atoms with Crippen molar-refractivity contribution in [3.8, 4) is 0 Å². The molecular weight excluding hydrogens is 188 g/mol. The van der Waals surface area contributed by atoms with Crippen molar-refractivity contribution in [2.45, 2.75) is 52.0 Å². The van der Waals surface area contributed by atoms with Gasteiger partial charge in [0.25, 0.3) is 0 Å². The zero-order chi connectivity index (χ0) is 11.3. The van der Waals surface area contributed by atoms with E-state index in [0.717, 1.165) is 25.4 Å². The quantitative estimate of drug-likeness (QED) is 0.772. The highest BCUT2D eigenvalue weighted by Gasteiger charge is 2.24. The molecule has 0 bridgehead atoms. The maximum Gasteiger partial charge on any atom is 0.234 e. The molecule has 0 saturated carbocycles. The van der Waals surface area contributed by atoms with Gasteiger partial charge < -0.3 is 5.73 Å². The topological polar surface area (TPSA) is 46.3 Å². The molecule has 3 nitrogen and oxygen atoms in total. The second-order valence-electron chi connectivity index (χ2n) is 4.57. The van der Waals surface area contributed by atoms with Crippen LogP contribution in [0.2, 0.25) is 0 Å². The van der Waals surface area contributed by atoms with Gasteiger partial charge in [-0.25, -0.2) is 0 Å². The molecule has 3 heteroatoms. The summed E-state index contributed by atoms with van der Waals surface area (Å²) >= 11 is 0. The summed E-state index contributed by atoms with van der Waals surface area (Å²) in [6, 6.07) is -0.0411. The van der Waals surface area contributed by atoms with E-state index in [-0.39, 0.29) is 11.9 Å². The smallest absolute Gasteiger partial charge is 0.234 e. The first-order valence-corrected chi connectivity index (χ1v) is 6.22. The molecule has 1 amide bonds. The second-order valence-corrected chi connectivity index (χ2v) is 4.57. The van der Waals surface area contributed by atoms with E-state index in [2.05, 4.69) is 11.8 Å². The van der Waals surface area contributed by atoms with Gasteiger partial charge in [-0.3, -0.25) is 9.69 Å². The van der Waals surface area contributed by atoms with E-state index in [9.17, 15) is 4.79 Å². The third-order valence-corrected chi connectivity index (χ3v) is 3.62. The average Bonchev–Trinajstić information content (AvgIpc) is 2.44. The van der Waals surface area contributed by atoms with Gasteiger partial charge in [-0.1, -0.05) is 20.3 Å². The van der Waals surface area contributed by atoms with Crippen LogP contribution < -0.4 is 5.73 Å². The molecule has 1 rings (SSSR count). The van der Waals surface area contributed by atoms with Crippen molar-refractivity contribution in [1.29, 1.82) is 0 Å². The first-order chi connectivity index (χ1) is 7.19. The van der Waals surface area contributed by atoms with Crippen molar-refractivity contribution in [2.24, 2.45) is 11.7 Å². The summed E-state index contributed by atoms with van der Waals surface area (Å²) in [4.78, 5) is 13.5. The Hall–Kier alpha value is -0.570. The largest absolute Gasteiger partial charge is 0.368 e. The van der Waals surface area contributed by atoms with Crippen molar-refractivity contribution in [3.63, 3.8) is 0 Å². The molecule has 15 heavy (non-hydrogen) atoms. The molecule has 0 spiro atoms. The molecule has 2 atom stereocenters. The fourth-order valence-electron chi connectivity index (χ4n) is 2.55. The SMILES string of the molecule is CCC1CCCN(C(CC)C(N)=O)CC1. The number of hydrogen-bond acceptors (Lipinski definition) is 2. The summed E-state index contributed by atoms with van der Waals surface area (Å²) in [6.07, 6.45) is 5.85. The third-order valence-electron chi connectivity index (χ3n) is 3.62. The molecule has 0 radical (unpaired) electrons. The van der Waals surface area contributed by atoms with Crippen LogP contribution in [-0.2, 0) is 4.79 Å². The van der Waals surface area contributed by atoms with Gasteiger partial charge in [0.15, 0.2) is 0 Å². The molecule has 0 aromatic heterocycles. The number of hydrogen-bond donors (Lipinski definition) is 1. The van der Waals surface area contributed by atoms with Gasteiger partial charge in [-0.2, -0.15) is 0 Å².